The Kier molecular flexibility index (Phi) is 5.70. The number of thiazole rings is 1. The number of hydrogen-bond acceptors (Lipinski definition) is 5. The third-order valence-electron chi connectivity index (χ3n) is 4.85. The van der Waals surface area contributed by atoms with Crippen molar-refractivity contribution in [2.75, 3.05) is 10.0 Å². The van der Waals surface area contributed by atoms with Crippen LogP contribution in [0.25, 0.3) is 10.2 Å². The first-order valence-corrected chi connectivity index (χ1v) is 12.0. The summed E-state index contributed by atoms with van der Waals surface area (Å²) >= 11 is 7.21. The zero-order chi connectivity index (χ0) is 22.2. The summed E-state index contributed by atoms with van der Waals surface area (Å²) in [7, 11) is -3.89. The van der Waals surface area contributed by atoms with E-state index in [0.717, 1.165) is 21.3 Å². The Labute approximate surface area is 189 Å². The third kappa shape index (κ3) is 4.41. The van der Waals surface area contributed by atoms with Crippen molar-refractivity contribution in [3.63, 3.8) is 0 Å². The molecule has 0 saturated carbocycles. The molecular formula is C22H18ClN3O3S2. The molecule has 0 saturated heterocycles. The Morgan fingerprint density at radius 2 is 1.71 bits per heavy atom. The number of hydrogen-bond donors (Lipinski definition) is 2. The monoisotopic (exact) mass is 471 g/mol. The van der Waals surface area contributed by atoms with Gasteiger partial charge in [-0.3, -0.25) is 14.8 Å². The summed E-state index contributed by atoms with van der Waals surface area (Å²) in [5.74, 6) is -0.456. The fourth-order valence-corrected chi connectivity index (χ4v) is 5.16. The number of rotatable bonds is 5. The highest BCUT2D eigenvalue weighted by atomic mass is 35.5. The molecule has 9 heteroatoms. The van der Waals surface area contributed by atoms with Gasteiger partial charge in [0.2, 0.25) is 0 Å². The maximum absolute atomic E-state index is 12.9. The van der Waals surface area contributed by atoms with Gasteiger partial charge >= 0.3 is 0 Å². The molecule has 0 fully saturated rings. The fourth-order valence-electron chi connectivity index (χ4n) is 3.03. The molecule has 1 heterocycles. The lowest BCUT2D eigenvalue weighted by Crippen LogP contribution is -2.18. The van der Waals surface area contributed by atoms with Crippen LogP contribution in [0.4, 0.5) is 10.8 Å². The smallest absolute Gasteiger partial charge is 0.261 e. The van der Waals surface area contributed by atoms with Crippen molar-refractivity contribution >= 4 is 59.9 Å². The number of aromatic nitrogens is 1. The van der Waals surface area contributed by atoms with Crippen LogP contribution in [-0.4, -0.2) is 19.3 Å². The highest BCUT2D eigenvalue weighted by Crippen LogP contribution is 2.30. The Balaban J connectivity index is 1.61. The van der Waals surface area contributed by atoms with Gasteiger partial charge in [0.05, 0.1) is 26.4 Å². The van der Waals surface area contributed by atoms with Crippen LogP contribution in [0.15, 0.2) is 65.6 Å². The number of carbonyl (C=O) groups excluding carboxylic acids is 1. The molecule has 0 aliphatic rings. The number of aryl methyl sites for hydroxylation is 2. The third-order valence-corrected chi connectivity index (χ3v) is 7.41. The lowest BCUT2D eigenvalue weighted by molar-refractivity contribution is 0.102. The molecule has 0 bridgehead atoms. The first-order chi connectivity index (χ1) is 14.7. The molecule has 0 radical (unpaired) electrons. The molecule has 0 spiro atoms. The zero-order valence-corrected chi connectivity index (χ0v) is 19.0. The van der Waals surface area contributed by atoms with Crippen LogP contribution < -0.4 is 10.0 Å². The summed E-state index contributed by atoms with van der Waals surface area (Å²) in [5.41, 5.74) is 3.38. The second kappa shape index (κ2) is 8.30. The van der Waals surface area contributed by atoms with Crippen LogP contribution in [-0.2, 0) is 10.0 Å². The van der Waals surface area contributed by atoms with Crippen molar-refractivity contribution in [1.29, 1.82) is 0 Å². The molecular weight excluding hydrogens is 454 g/mol. The molecule has 4 rings (SSSR count). The maximum Gasteiger partial charge on any atom is 0.261 e. The van der Waals surface area contributed by atoms with Gasteiger partial charge in [-0.25, -0.2) is 13.4 Å². The molecule has 6 nitrogen and oxygen atoms in total. The number of carbonyl (C=O) groups is 1. The molecule has 0 aliphatic heterocycles. The van der Waals surface area contributed by atoms with Crippen LogP contribution in [0.5, 0.6) is 0 Å². The molecule has 4 aromatic rings. The second-order valence-electron chi connectivity index (χ2n) is 6.93. The standard InChI is InChI=1S/C22H18ClN3O3S2/c1-13-7-12-19-20(14(13)2)24-22(30-19)25-21(27)17-5-3-4-6-18(17)26-31(28,29)16-10-8-15(23)9-11-16/h3-12,26H,1-2H3,(H,24,25,27). The number of benzene rings is 3. The molecule has 3 aromatic carbocycles. The van der Waals surface area contributed by atoms with E-state index in [1.807, 2.05) is 26.0 Å². The molecule has 0 aliphatic carbocycles. The van der Waals surface area contributed by atoms with Gasteiger partial charge in [0.25, 0.3) is 15.9 Å². The number of halogens is 1. The van der Waals surface area contributed by atoms with E-state index in [9.17, 15) is 13.2 Å². The summed E-state index contributed by atoms with van der Waals surface area (Å²) in [4.78, 5) is 17.5. The van der Waals surface area contributed by atoms with Crippen LogP contribution in [0.2, 0.25) is 5.02 Å². The minimum absolute atomic E-state index is 0.0455. The Morgan fingerprint density at radius 3 is 2.45 bits per heavy atom. The first-order valence-electron chi connectivity index (χ1n) is 9.30. The van der Waals surface area contributed by atoms with Gasteiger partial charge in [-0.05, 0) is 67.4 Å². The summed E-state index contributed by atoms with van der Waals surface area (Å²) in [6.07, 6.45) is 0. The first kappa shape index (κ1) is 21.3. The molecule has 2 N–H and O–H groups in total. The van der Waals surface area contributed by atoms with Crippen LogP contribution >= 0.6 is 22.9 Å². The highest BCUT2D eigenvalue weighted by Gasteiger charge is 2.19. The number of sulfonamides is 1. The second-order valence-corrected chi connectivity index (χ2v) is 10.1. The summed E-state index contributed by atoms with van der Waals surface area (Å²) in [6, 6.07) is 16.2. The van der Waals surface area contributed by atoms with Crippen molar-refractivity contribution in [1.82, 2.24) is 4.98 Å². The van der Waals surface area contributed by atoms with Gasteiger partial charge in [-0.1, -0.05) is 41.1 Å². The van der Waals surface area contributed by atoms with Crippen LogP contribution in [0, 0.1) is 13.8 Å². The number of para-hydroxylation sites is 1. The van der Waals surface area contributed by atoms with Gasteiger partial charge in [0.15, 0.2) is 5.13 Å². The minimum Gasteiger partial charge on any atom is -0.298 e. The SMILES string of the molecule is Cc1ccc2sc(NC(=O)c3ccccc3NS(=O)(=O)c3ccc(Cl)cc3)nc2c1C. The number of amides is 1. The van der Waals surface area contributed by atoms with Crippen molar-refractivity contribution in [3.8, 4) is 0 Å². The van der Waals surface area contributed by atoms with E-state index in [2.05, 4.69) is 15.0 Å². The van der Waals surface area contributed by atoms with Gasteiger partial charge in [-0.15, -0.1) is 0 Å². The van der Waals surface area contributed by atoms with Gasteiger partial charge in [-0.2, -0.15) is 0 Å². The largest absolute Gasteiger partial charge is 0.298 e. The lowest BCUT2D eigenvalue weighted by Gasteiger charge is -2.12. The van der Waals surface area contributed by atoms with E-state index in [1.54, 1.807) is 18.2 Å². The quantitative estimate of drug-likeness (QED) is 0.395. The average molecular weight is 472 g/mol. The average Bonchev–Trinajstić information content (AvgIpc) is 3.14. The Bertz CT molecular complexity index is 1400. The topological polar surface area (TPSA) is 88.2 Å². The Hall–Kier alpha value is -2.94. The van der Waals surface area contributed by atoms with Crippen LogP contribution in [0.3, 0.4) is 0 Å². The lowest BCUT2D eigenvalue weighted by atomic mass is 10.1. The Morgan fingerprint density at radius 1 is 1.00 bits per heavy atom. The maximum atomic E-state index is 12.9. The number of nitrogens with one attached hydrogen (secondary N) is 2. The number of anilines is 2. The predicted octanol–water partition coefficient (Wildman–Crippen LogP) is 5.62. The highest BCUT2D eigenvalue weighted by molar-refractivity contribution is 7.92. The van der Waals surface area contributed by atoms with Crippen molar-refractivity contribution < 1.29 is 13.2 Å². The van der Waals surface area contributed by atoms with E-state index in [1.165, 1.54) is 41.7 Å². The molecule has 0 atom stereocenters. The summed E-state index contributed by atoms with van der Waals surface area (Å²) < 4.78 is 28.9. The van der Waals surface area contributed by atoms with Crippen molar-refractivity contribution in [3.05, 3.63) is 82.4 Å². The van der Waals surface area contributed by atoms with Crippen molar-refractivity contribution in [2.24, 2.45) is 0 Å². The van der Waals surface area contributed by atoms with E-state index in [0.29, 0.717) is 10.2 Å². The zero-order valence-electron chi connectivity index (χ0n) is 16.6. The minimum atomic E-state index is -3.89. The van der Waals surface area contributed by atoms with Gasteiger partial charge < -0.3 is 0 Å². The molecule has 1 aromatic heterocycles. The van der Waals surface area contributed by atoms with Gasteiger partial charge in [0, 0.05) is 5.02 Å². The van der Waals surface area contributed by atoms with E-state index < -0.39 is 15.9 Å². The van der Waals surface area contributed by atoms with E-state index >= 15 is 0 Å². The predicted molar refractivity (Wildman–Crippen MR) is 126 cm³/mol. The molecule has 158 valence electrons. The normalized spacial score (nSPS) is 11.5. The van der Waals surface area contributed by atoms with Gasteiger partial charge in [0.1, 0.15) is 0 Å². The number of fused-ring (bicyclic) bond motifs is 1. The van der Waals surface area contributed by atoms with Crippen molar-refractivity contribution in [2.45, 2.75) is 18.7 Å². The summed E-state index contributed by atoms with van der Waals surface area (Å²) in [5, 5.41) is 3.66. The number of nitrogens with zero attached hydrogens (tertiary/aromatic N) is 1. The molecule has 31 heavy (non-hydrogen) atoms. The van der Waals surface area contributed by atoms with E-state index in [4.69, 9.17) is 11.6 Å². The van der Waals surface area contributed by atoms with Crippen LogP contribution in [0.1, 0.15) is 21.5 Å². The fraction of sp³-hybridized carbons (Fsp3) is 0.0909. The molecule has 1 amide bonds. The molecule has 0 unspecified atom stereocenters. The summed E-state index contributed by atoms with van der Waals surface area (Å²) in [6.45, 7) is 4.00. The van der Waals surface area contributed by atoms with E-state index in [-0.39, 0.29) is 16.1 Å².